The summed E-state index contributed by atoms with van der Waals surface area (Å²) in [6.07, 6.45) is 6.92. The van der Waals surface area contributed by atoms with Crippen molar-refractivity contribution in [2.75, 3.05) is 0 Å². The fourth-order valence-electron chi connectivity index (χ4n) is 2.25. The van der Waals surface area contributed by atoms with Crippen LogP contribution in [0.15, 0.2) is 21.9 Å². The largest absolute Gasteiger partial charge is 0.358 e. The topological polar surface area (TPSA) is 36.4 Å². The van der Waals surface area contributed by atoms with Crippen molar-refractivity contribution in [2.24, 2.45) is 11.0 Å². The van der Waals surface area contributed by atoms with E-state index < -0.39 is 0 Å². The van der Waals surface area contributed by atoms with E-state index in [1.54, 1.807) is 17.6 Å². The van der Waals surface area contributed by atoms with Crippen molar-refractivity contribution in [2.45, 2.75) is 38.6 Å². The third kappa shape index (κ3) is 4.07. The molecule has 2 atom stereocenters. The van der Waals surface area contributed by atoms with Crippen LogP contribution in [0.5, 0.6) is 0 Å². The molecule has 1 aromatic rings. The van der Waals surface area contributed by atoms with E-state index in [1.165, 1.54) is 25.7 Å². The summed E-state index contributed by atoms with van der Waals surface area (Å²) in [4.78, 5) is 0. The van der Waals surface area contributed by atoms with Crippen LogP contribution in [-0.4, -0.2) is 17.4 Å². The number of nitrogens with one attached hydrogen (secondary N) is 2. The van der Waals surface area contributed by atoms with Crippen molar-refractivity contribution in [1.82, 2.24) is 10.7 Å². The van der Waals surface area contributed by atoms with Gasteiger partial charge in [0.15, 0.2) is 5.11 Å². The quantitative estimate of drug-likeness (QED) is 0.508. The molecule has 18 heavy (non-hydrogen) atoms. The van der Waals surface area contributed by atoms with Gasteiger partial charge in [-0.1, -0.05) is 19.8 Å². The van der Waals surface area contributed by atoms with Crippen molar-refractivity contribution >= 4 is 34.9 Å². The number of hydrazone groups is 1. The minimum absolute atomic E-state index is 0.495. The second kappa shape index (κ2) is 6.85. The van der Waals surface area contributed by atoms with Crippen LogP contribution in [0, 0.1) is 5.92 Å². The van der Waals surface area contributed by atoms with Crippen LogP contribution in [0.25, 0.3) is 0 Å². The molecule has 2 N–H and O–H groups in total. The van der Waals surface area contributed by atoms with Gasteiger partial charge in [-0.15, -0.1) is 0 Å². The molecule has 0 radical (unpaired) electrons. The third-order valence-electron chi connectivity index (χ3n) is 3.35. The molecule has 1 saturated carbocycles. The summed E-state index contributed by atoms with van der Waals surface area (Å²) in [6, 6.07) is 2.52. The lowest BCUT2D eigenvalue weighted by Gasteiger charge is -2.30. The summed E-state index contributed by atoms with van der Waals surface area (Å²) in [6.45, 7) is 2.29. The first kappa shape index (κ1) is 13.5. The third-order valence-corrected chi connectivity index (χ3v) is 4.26. The number of thiocarbonyl (C=S) groups is 1. The summed E-state index contributed by atoms with van der Waals surface area (Å²) in [5.41, 5.74) is 3.98. The Hall–Kier alpha value is -0.940. The Bertz CT molecular complexity index is 400. The highest BCUT2D eigenvalue weighted by Crippen LogP contribution is 2.23. The predicted octanol–water partition coefficient (Wildman–Crippen LogP) is 3.12. The summed E-state index contributed by atoms with van der Waals surface area (Å²) in [5, 5.41) is 12.2. The van der Waals surface area contributed by atoms with Gasteiger partial charge in [0.25, 0.3) is 0 Å². The molecule has 0 aliphatic heterocycles. The van der Waals surface area contributed by atoms with Crippen LogP contribution in [-0.2, 0) is 0 Å². The van der Waals surface area contributed by atoms with Crippen molar-refractivity contribution in [3.05, 3.63) is 22.4 Å². The van der Waals surface area contributed by atoms with Crippen molar-refractivity contribution in [1.29, 1.82) is 0 Å². The van der Waals surface area contributed by atoms with E-state index in [4.69, 9.17) is 12.2 Å². The molecule has 5 heteroatoms. The van der Waals surface area contributed by atoms with Gasteiger partial charge >= 0.3 is 0 Å². The maximum Gasteiger partial charge on any atom is 0.187 e. The molecular formula is C13H19N3S2. The molecule has 3 nitrogen and oxygen atoms in total. The highest BCUT2D eigenvalue weighted by Gasteiger charge is 2.21. The van der Waals surface area contributed by atoms with Gasteiger partial charge in [-0.25, -0.2) is 0 Å². The standard InChI is InChI=1S/C13H19N3S2/c1-10-4-2-3-5-12(10)15-13(17)16-14-8-11-6-7-18-9-11/h6-10,12H,2-5H2,1H3,(H2,15,16,17)/b14-8-/t10-,12+/m1/s1. The van der Waals surface area contributed by atoms with Gasteiger partial charge in [-0.3, -0.25) is 5.43 Å². The van der Waals surface area contributed by atoms with Crippen LogP contribution in [0.2, 0.25) is 0 Å². The molecule has 0 amide bonds. The lowest BCUT2D eigenvalue weighted by Crippen LogP contribution is -2.44. The average Bonchev–Trinajstić information content (AvgIpc) is 2.85. The zero-order valence-corrected chi connectivity index (χ0v) is 12.2. The first-order chi connectivity index (χ1) is 8.75. The van der Waals surface area contributed by atoms with E-state index in [0.717, 1.165) is 5.56 Å². The van der Waals surface area contributed by atoms with Crippen LogP contribution in [0.4, 0.5) is 0 Å². The van der Waals surface area contributed by atoms with Crippen LogP contribution in [0.3, 0.4) is 0 Å². The van der Waals surface area contributed by atoms with Gasteiger partial charge < -0.3 is 5.32 Å². The Morgan fingerprint density at radius 3 is 3.06 bits per heavy atom. The fourth-order valence-corrected chi connectivity index (χ4v) is 3.06. The maximum atomic E-state index is 5.25. The second-order valence-corrected chi connectivity index (χ2v) is 5.96. The van der Waals surface area contributed by atoms with Gasteiger partial charge in [0.1, 0.15) is 0 Å². The Kier molecular flexibility index (Phi) is 5.13. The molecule has 98 valence electrons. The number of rotatable bonds is 3. The van der Waals surface area contributed by atoms with E-state index in [2.05, 4.69) is 22.8 Å². The monoisotopic (exact) mass is 281 g/mol. The molecule has 1 aliphatic rings. The van der Waals surface area contributed by atoms with Crippen molar-refractivity contribution in [3.63, 3.8) is 0 Å². The Labute approximate surface area is 118 Å². The minimum Gasteiger partial charge on any atom is -0.358 e. The van der Waals surface area contributed by atoms with Crippen molar-refractivity contribution in [3.8, 4) is 0 Å². The zero-order chi connectivity index (χ0) is 12.8. The summed E-state index contributed by atoms with van der Waals surface area (Å²) in [5.74, 6) is 0.694. The van der Waals surface area contributed by atoms with Crippen LogP contribution < -0.4 is 10.7 Å². The smallest absolute Gasteiger partial charge is 0.187 e. The van der Waals surface area contributed by atoms with E-state index in [-0.39, 0.29) is 0 Å². The SMILES string of the molecule is C[C@@H]1CCCC[C@@H]1NC(=S)N/N=C\c1ccsc1. The number of thiophene rings is 1. The van der Waals surface area contributed by atoms with E-state index in [1.807, 2.05) is 16.8 Å². The molecule has 1 fully saturated rings. The maximum absolute atomic E-state index is 5.25. The molecule has 1 heterocycles. The second-order valence-electron chi connectivity index (χ2n) is 4.77. The van der Waals surface area contributed by atoms with Gasteiger partial charge in [0.2, 0.25) is 0 Å². The zero-order valence-electron chi connectivity index (χ0n) is 10.6. The van der Waals surface area contributed by atoms with Gasteiger partial charge in [-0.2, -0.15) is 16.4 Å². The molecule has 0 saturated heterocycles. The number of hydrogen-bond donors (Lipinski definition) is 2. The molecule has 2 rings (SSSR count). The van der Waals surface area contributed by atoms with E-state index in [9.17, 15) is 0 Å². The lowest BCUT2D eigenvalue weighted by atomic mass is 9.86. The Morgan fingerprint density at radius 1 is 1.50 bits per heavy atom. The average molecular weight is 281 g/mol. The minimum atomic E-state index is 0.495. The molecule has 0 bridgehead atoms. The molecular weight excluding hydrogens is 262 g/mol. The number of nitrogens with zero attached hydrogens (tertiary/aromatic N) is 1. The Balaban J connectivity index is 1.74. The normalized spacial score (nSPS) is 24.1. The molecule has 1 aliphatic carbocycles. The highest BCUT2D eigenvalue weighted by molar-refractivity contribution is 7.80. The van der Waals surface area contributed by atoms with Crippen LogP contribution >= 0.6 is 23.6 Å². The first-order valence-corrected chi connectivity index (χ1v) is 7.72. The molecule has 0 unspecified atom stereocenters. The summed E-state index contributed by atoms with van der Waals surface area (Å²) >= 11 is 6.91. The summed E-state index contributed by atoms with van der Waals surface area (Å²) < 4.78 is 0. The van der Waals surface area contributed by atoms with Gasteiger partial charge in [0.05, 0.1) is 6.21 Å². The van der Waals surface area contributed by atoms with Gasteiger partial charge in [-0.05, 0) is 47.8 Å². The molecule has 0 aromatic carbocycles. The van der Waals surface area contributed by atoms with Crippen molar-refractivity contribution < 1.29 is 0 Å². The van der Waals surface area contributed by atoms with E-state index in [0.29, 0.717) is 17.1 Å². The van der Waals surface area contributed by atoms with Crippen LogP contribution in [0.1, 0.15) is 38.2 Å². The van der Waals surface area contributed by atoms with Gasteiger partial charge in [0, 0.05) is 11.6 Å². The Morgan fingerprint density at radius 2 is 2.33 bits per heavy atom. The highest BCUT2D eigenvalue weighted by atomic mass is 32.1. The molecule has 1 aromatic heterocycles. The first-order valence-electron chi connectivity index (χ1n) is 6.37. The summed E-state index contributed by atoms with van der Waals surface area (Å²) in [7, 11) is 0. The lowest BCUT2D eigenvalue weighted by molar-refractivity contribution is 0.308. The number of hydrogen-bond acceptors (Lipinski definition) is 3. The fraction of sp³-hybridized carbons (Fsp3) is 0.538. The molecule has 0 spiro atoms. The van der Waals surface area contributed by atoms with E-state index >= 15 is 0 Å². The predicted molar refractivity (Wildman–Crippen MR) is 82.2 cm³/mol.